The predicted molar refractivity (Wildman–Crippen MR) is 131 cm³/mol. The van der Waals surface area contributed by atoms with Crippen LogP contribution in [0, 0.1) is 0 Å². The number of carbonyl (C=O) groups excluding carboxylic acids is 4. The first-order valence-corrected chi connectivity index (χ1v) is 11.9. The van der Waals surface area contributed by atoms with Gasteiger partial charge >= 0.3 is 0 Å². The lowest BCUT2D eigenvalue weighted by Crippen LogP contribution is -2.49. The second-order valence-electron chi connectivity index (χ2n) is 7.49. The highest BCUT2D eigenvalue weighted by Gasteiger charge is 2.16. The molecule has 2 aromatic rings. The van der Waals surface area contributed by atoms with Gasteiger partial charge in [0.15, 0.2) is 0 Å². The number of amides is 4. The van der Waals surface area contributed by atoms with Gasteiger partial charge in [-0.2, -0.15) is 0 Å². The second kappa shape index (κ2) is 14.8. The van der Waals surface area contributed by atoms with Gasteiger partial charge < -0.3 is 26.0 Å². The number of halogens is 1. The molecule has 0 saturated carbocycles. The van der Waals surface area contributed by atoms with Gasteiger partial charge in [-0.05, 0) is 30.0 Å². The smallest absolute Gasteiger partial charge is 0.242 e. The molecular weight excluding hydrogens is 504 g/mol. The zero-order valence-corrected chi connectivity index (χ0v) is 20.5. The topological polar surface area (TPSA) is 126 Å². The van der Waals surface area contributed by atoms with Crippen LogP contribution in [0.15, 0.2) is 54.6 Å². The maximum atomic E-state index is 12.0. The Kier molecular flexibility index (Phi) is 11.8. The van der Waals surface area contributed by atoms with Crippen LogP contribution in [0.2, 0.25) is 0 Å². The Morgan fingerprint density at radius 2 is 1.41 bits per heavy atom. The van der Waals surface area contributed by atoms with E-state index < -0.39 is 23.8 Å². The van der Waals surface area contributed by atoms with Crippen LogP contribution in [0.25, 0.3) is 0 Å². The fraction of sp³-hybridized carbons (Fsp3) is 0.333. The molecule has 4 amide bonds. The van der Waals surface area contributed by atoms with Crippen molar-refractivity contribution in [2.75, 3.05) is 25.2 Å². The zero-order chi connectivity index (χ0) is 24.8. The van der Waals surface area contributed by atoms with E-state index in [1.807, 2.05) is 30.3 Å². The van der Waals surface area contributed by atoms with Crippen LogP contribution in [-0.2, 0) is 36.9 Å². The van der Waals surface area contributed by atoms with Crippen molar-refractivity contribution in [1.29, 1.82) is 0 Å². The van der Waals surface area contributed by atoms with Crippen molar-refractivity contribution in [3.63, 3.8) is 0 Å². The van der Waals surface area contributed by atoms with E-state index in [-0.39, 0.29) is 31.1 Å². The van der Waals surface area contributed by atoms with Crippen molar-refractivity contribution >= 4 is 39.6 Å². The summed E-state index contributed by atoms with van der Waals surface area (Å²) in [5.74, 6) is -1.80. The first-order valence-electron chi connectivity index (χ1n) is 10.7. The van der Waals surface area contributed by atoms with Crippen LogP contribution in [0.5, 0.6) is 0 Å². The van der Waals surface area contributed by atoms with Gasteiger partial charge in [0.1, 0.15) is 12.8 Å². The van der Waals surface area contributed by atoms with Gasteiger partial charge in [0.2, 0.25) is 23.6 Å². The Hall–Kier alpha value is -3.24. The van der Waals surface area contributed by atoms with Crippen LogP contribution in [0.3, 0.4) is 0 Å². The molecule has 1 unspecified atom stereocenters. The molecule has 1 atom stereocenters. The molecule has 182 valence electrons. The highest BCUT2D eigenvalue weighted by molar-refractivity contribution is 9.09. The first kappa shape index (κ1) is 27.0. The molecule has 9 nitrogen and oxygen atoms in total. The van der Waals surface area contributed by atoms with Gasteiger partial charge in [0, 0.05) is 0 Å². The van der Waals surface area contributed by atoms with Crippen LogP contribution in [0.1, 0.15) is 23.6 Å². The van der Waals surface area contributed by atoms with E-state index in [1.165, 1.54) is 18.1 Å². The molecule has 0 aliphatic rings. The number of carbonyl (C=O) groups is 4. The third-order valence-corrected chi connectivity index (χ3v) is 5.18. The normalized spacial score (nSPS) is 11.2. The lowest BCUT2D eigenvalue weighted by atomic mass is 10.0. The van der Waals surface area contributed by atoms with Crippen LogP contribution >= 0.6 is 15.9 Å². The number of hydrogen-bond donors (Lipinski definition) is 4. The molecule has 34 heavy (non-hydrogen) atoms. The molecule has 2 rings (SSSR count). The molecule has 0 aromatic heterocycles. The van der Waals surface area contributed by atoms with Gasteiger partial charge in [0.05, 0.1) is 25.0 Å². The molecular formula is C24H29BrN4O5. The van der Waals surface area contributed by atoms with E-state index in [9.17, 15) is 19.2 Å². The Labute approximate surface area is 207 Å². The molecule has 0 radical (unpaired) electrons. The van der Waals surface area contributed by atoms with E-state index in [2.05, 4.69) is 61.5 Å². The van der Waals surface area contributed by atoms with E-state index >= 15 is 0 Å². The largest absolute Gasteiger partial charge is 0.357 e. The lowest BCUT2D eigenvalue weighted by molar-refractivity contribution is -0.130. The minimum atomic E-state index is -0.859. The van der Waals surface area contributed by atoms with Crippen molar-refractivity contribution in [3.8, 4) is 0 Å². The van der Waals surface area contributed by atoms with Crippen LogP contribution in [0.4, 0.5) is 0 Å². The summed E-state index contributed by atoms with van der Waals surface area (Å²) in [7, 11) is 0. The van der Waals surface area contributed by atoms with E-state index in [4.69, 9.17) is 4.74 Å². The summed E-state index contributed by atoms with van der Waals surface area (Å²) >= 11 is 2.97. The van der Waals surface area contributed by atoms with Gasteiger partial charge in [-0.3, -0.25) is 19.2 Å². The molecule has 2 aromatic carbocycles. The van der Waals surface area contributed by atoms with Gasteiger partial charge in [0.25, 0.3) is 0 Å². The maximum absolute atomic E-state index is 12.0. The molecule has 10 heteroatoms. The van der Waals surface area contributed by atoms with Gasteiger partial charge in [-0.1, -0.05) is 70.5 Å². The van der Waals surface area contributed by atoms with E-state index in [1.54, 1.807) is 0 Å². The third-order valence-electron chi connectivity index (χ3n) is 4.68. The fourth-order valence-electron chi connectivity index (χ4n) is 2.85. The summed E-state index contributed by atoms with van der Waals surface area (Å²) in [6, 6.07) is 17.4. The summed E-state index contributed by atoms with van der Waals surface area (Å²) in [6.45, 7) is 1.32. The van der Waals surface area contributed by atoms with Crippen molar-refractivity contribution in [1.82, 2.24) is 21.3 Å². The zero-order valence-electron chi connectivity index (χ0n) is 18.9. The number of alkyl halides is 1. The lowest BCUT2D eigenvalue weighted by Gasteiger charge is -2.14. The van der Waals surface area contributed by atoms with Crippen molar-refractivity contribution in [2.45, 2.75) is 26.0 Å². The molecule has 0 aliphatic heterocycles. The Bertz CT molecular complexity index is 954. The number of ether oxygens (including phenoxy) is 1. The SMILES string of the molecule is CC(NC(=O)CNC(=O)CBr)C(=O)NCC(=O)NCOCc1ccc(Cc2ccccc2)cc1. The Morgan fingerprint density at radius 1 is 0.794 bits per heavy atom. The minimum Gasteiger partial charge on any atom is -0.357 e. The highest BCUT2D eigenvalue weighted by atomic mass is 79.9. The third kappa shape index (κ3) is 10.6. The quantitative estimate of drug-likeness (QED) is 0.174. The maximum Gasteiger partial charge on any atom is 0.242 e. The van der Waals surface area contributed by atoms with Gasteiger partial charge in [-0.15, -0.1) is 0 Å². The van der Waals surface area contributed by atoms with Gasteiger partial charge in [-0.25, -0.2) is 0 Å². The highest BCUT2D eigenvalue weighted by Crippen LogP contribution is 2.11. The molecule has 0 bridgehead atoms. The van der Waals surface area contributed by atoms with E-state index in [0.29, 0.717) is 6.61 Å². The monoisotopic (exact) mass is 532 g/mol. The summed E-state index contributed by atoms with van der Waals surface area (Å²) in [6.07, 6.45) is 0.861. The van der Waals surface area contributed by atoms with Crippen LogP contribution < -0.4 is 21.3 Å². The number of nitrogens with one attached hydrogen (secondary N) is 4. The van der Waals surface area contributed by atoms with Crippen LogP contribution in [-0.4, -0.2) is 54.8 Å². The second-order valence-corrected chi connectivity index (χ2v) is 8.05. The molecule has 4 N–H and O–H groups in total. The number of rotatable bonds is 13. The van der Waals surface area contributed by atoms with Crippen molar-refractivity contribution in [2.24, 2.45) is 0 Å². The predicted octanol–water partition coefficient (Wildman–Crippen LogP) is 1.000. The summed E-state index contributed by atoms with van der Waals surface area (Å²) < 4.78 is 5.47. The molecule has 0 saturated heterocycles. The molecule has 0 fully saturated rings. The average molecular weight is 533 g/mol. The Morgan fingerprint density at radius 3 is 2.09 bits per heavy atom. The fourth-order valence-corrected chi connectivity index (χ4v) is 3.05. The summed E-state index contributed by atoms with van der Waals surface area (Å²) in [5, 5.41) is 9.87. The number of benzene rings is 2. The molecule has 0 aliphatic carbocycles. The standard InChI is InChI=1S/C24H29BrN4O5/c1-17(29-23(32)14-26-21(30)12-25)24(33)27-13-22(31)28-16-34-15-20-9-7-19(8-10-20)11-18-5-3-2-4-6-18/h2-10,17H,11-16H2,1H3,(H,26,30)(H,27,33)(H,28,31)(H,29,32). The summed E-state index contributed by atoms with van der Waals surface area (Å²) in [5.41, 5.74) is 3.43. The average Bonchev–Trinajstić information content (AvgIpc) is 2.85. The Balaban J connectivity index is 1.59. The molecule has 0 spiro atoms. The first-order chi connectivity index (χ1) is 16.4. The van der Waals surface area contributed by atoms with Crippen molar-refractivity contribution < 1.29 is 23.9 Å². The summed E-state index contributed by atoms with van der Waals surface area (Å²) in [4.78, 5) is 46.7. The molecule has 0 heterocycles. The van der Waals surface area contributed by atoms with Crippen molar-refractivity contribution in [3.05, 3.63) is 71.3 Å². The number of hydrogen-bond acceptors (Lipinski definition) is 5. The van der Waals surface area contributed by atoms with E-state index in [0.717, 1.165) is 12.0 Å². The minimum absolute atomic E-state index is 0.0000293.